The van der Waals surface area contributed by atoms with Crippen molar-refractivity contribution in [2.75, 3.05) is 26.2 Å². The maximum Gasteiger partial charge on any atom is 0.410 e. The topological polar surface area (TPSA) is 92.2 Å². The van der Waals surface area contributed by atoms with Crippen molar-refractivity contribution in [3.05, 3.63) is 66.0 Å². The monoisotopic (exact) mass is 607 g/mol. The van der Waals surface area contributed by atoms with E-state index in [-0.39, 0.29) is 36.2 Å². The maximum atomic E-state index is 13.3. The van der Waals surface area contributed by atoms with E-state index in [9.17, 15) is 14.7 Å². The molecule has 0 aromatic carbocycles. The molecule has 2 aliphatic heterocycles. The largest absolute Gasteiger partial charge is 0.457 e. The number of hydrogen-bond donors (Lipinski definition) is 1. The Hall–Kier alpha value is -2.97. The fraction of sp³-hybridized carbons (Fsp3) is 0.639. The highest BCUT2D eigenvalue weighted by Crippen LogP contribution is 2.29. The van der Waals surface area contributed by atoms with Crippen LogP contribution in [-0.2, 0) is 14.3 Å². The fourth-order valence-corrected chi connectivity index (χ4v) is 6.56. The lowest BCUT2D eigenvalue weighted by Crippen LogP contribution is -2.53. The Morgan fingerprint density at radius 1 is 1.14 bits per heavy atom. The number of carbonyl (C=O) groups excluding carboxylic acids is 2. The number of pyridine rings is 1. The Kier molecular flexibility index (Phi) is 12.2. The number of aliphatic hydroxyl groups is 1. The van der Waals surface area contributed by atoms with Crippen LogP contribution in [0, 0.1) is 11.8 Å². The van der Waals surface area contributed by atoms with E-state index in [2.05, 4.69) is 22.9 Å². The van der Waals surface area contributed by atoms with Gasteiger partial charge in [0.15, 0.2) is 6.10 Å². The average molecular weight is 608 g/mol. The van der Waals surface area contributed by atoms with Crippen LogP contribution in [0.15, 0.2) is 60.3 Å². The third kappa shape index (κ3) is 9.51. The molecule has 4 rings (SSSR count). The molecule has 6 atom stereocenters. The second-order valence-electron chi connectivity index (χ2n) is 13.5. The van der Waals surface area contributed by atoms with Crippen LogP contribution in [0.25, 0.3) is 0 Å². The zero-order valence-electron chi connectivity index (χ0n) is 27.4. The second-order valence-corrected chi connectivity index (χ2v) is 13.5. The van der Waals surface area contributed by atoms with E-state index in [0.717, 1.165) is 24.4 Å². The summed E-state index contributed by atoms with van der Waals surface area (Å²) in [6, 6.07) is 6.53. The molecule has 1 amide bonds. The highest BCUT2D eigenvalue weighted by Gasteiger charge is 2.37. The van der Waals surface area contributed by atoms with Crippen molar-refractivity contribution in [1.82, 2.24) is 14.8 Å². The molecule has 8 heteroatoms. The lowest BCUT2D eigenvalue weighted by molar-refractivity contribution is -0.150. The molecule has 2 fully saturated rings. The van der Waals surface area contributed by atoms with E-state index in [1.54, 1.807) is 24.1 Å². The molecule has 0 bridgehead atoms. The average Bonchev–Trinajstić information content (AvgIpc) is 3.56. The van der Waals surface area contributed by atoms with Crippen LogP contribution >= 0.6 is 0 Å². The predicted octanol–water partition coefficient (Wildman–Crippen LogP) is 6.43. The normalized spacial score (nSPS) is 31.6. The van der Waals surface area contributed by atoms with E-state index < -0.39 is 17.8 Å². The smallest absolute Gasteiger partial charge is 0.410 e. The first kappa shape index (κ1) is 33.9. The van der Waals surface area contributed by atoms with Gasteiger partial charge in [-0.3, -0.25) is 14.7 Å². The van der Waals surface area contributed by atoms with Gasteiger partial charge in [-0.1, -0.05) is 64.0 Å². The number of amides is 1. The minimum Gasteiger partial charge on any atom is -0.457 e. The number of allylic oxidation sites excluding steroid dienone is 3. The number of carbonyl (C=O) groups is 2. The van der Waals surface area contributed by atoms with Crippen LogP contribution in [0.3, 0.4) is 0 Å². The number of cyclic esters (lactones) is 1. The van der Waals surface area contributed by atoms with Crippen LogP contribution in [0.2, 0.25) is 0 Å². The molecule has 3 heterocycles. The van der Waals surface area contributed by atoms with Gasteiger partial charge in [0.25, 0.3) is 0 Å². The van der Waals surface area contributed by atoms with Gasteiger partial charge in [-0.2, -0.15) is 0 Å². The van der Waals surface area contributed by atoms with Crippen LogP contribution in [0.1, 0.15) is 91.2 Å². The molecule has 0 spiro atoms. The Morgan fingerprint density at radius 2 is 1.86 bits per heavy atom. The van der Waals surface area contributed by atoms with Gasteiger partial charge in [-0.25, -0.2) is 4.79 Å². The summed E-state index contributed by atoms with van der Waals surface area (Å²) < 4.78 is 12.1. The summed E-state index contributed by atoms with van der Waals surface area (Å²) in [6.07, 6.45) is 16.2. The van der Waals surface area contributed by atoms with Crippen molar-refractivity contribution in [2.24, 2.45) is 11.8 Å². The van der Waals surface area contributed by atoms with Crippen molar-refractivity contribution in [3.8, 4) is 0 Å². The van der Waals surface area contributed by atoms with Crippen LogP contribution in [0.4, 0.5) is 4.79 Å². The van der Waals surface area contributed by atoms with Gasteiger partial charge >= 0.3 is 12.1 Å². The van der Waals surface area contributed by atoms with Gasteiger partial charge in [0.2, 0.25) is 0 Å². The summed E-state index contributed by atoms with van der Waals surface area (Å²) in [6.45, 7) is 12.7. The maximum absolute atomic E-state index is 13.3. The molecule has 0 unspecified atom stereocenters. The van der Waals surface area contributed by atoms with E-state index in [1.165, 1.54) is 25.7 Å². The SMILES string of the molecule is C/C(=C\C=C\[C@@H](C)c1ccccn1)[C@H]1OC(=O)C[C@H](C)CC[C@@](C)(O)[C@@H](OC(=O)N2CCN(C3CCCC3)CC2)/C=C/[C@@H]1C. The number of piperazine rings is 1. The van der Waals surface area contributed by atoms with E-state index in [4.69, 9.17) is 9.47 Å². The fourth-order valence-electron chi connectivity index (χ4n) is 6.56. The van der Waals surface area contributed by atoms with Gasteiger partial charge in [0, 0.05) is 62.4 Å². The van der Waals surface area contributed by atoms with Gasteiger partial charge in [-0.05, 0) is 69.2 Å². The second kappa shape index (κ2) is 15.8. The Morgan fingerprint density at radius 3 is 2.55 bits per heavy atom. The molecule has 1 saturated carbocycles. The number of hydrogen-bond acceptors (Lipinski definition) is 7. The highest BCUT2D eigenvalue weighted by atomic mass is 16.6. The Bertz CT molecular complexity index is 1170. The third-order valence-electron chi connectivity index (χ3n) is 9.60. The first-order valence-corrected chi connectivity index (χ1v) is 16.6. The van der Waals surface area contributed by atoms with Crippen molar-refractivity contribution >= 4 is 12.1 Å². The molecule has 8 nitrogen and oxygen atoms in total. The zero-order chi connectivity index (χ0) is 31.7. The summed E-state index contributed by atoms with van der Waals surface area (Å²) in [5.41, 5.74) is 0.616. The minimum atomic E-state index is -1.28. The summed E-state index contributed by atoms with van der Waals surface area (Å²) in [5, 5.41) is 11.6. The first-order chi connectivity index (χ1) is 21.0. The molecule has 44 heavy (non-hydrogen) atoms. The first-order valence-electron chi connectivity index (χ1n) is 16.6. The molecule has 1 saturated heterocycles. The zero-order valence-corrected chi connectivity index (χ0v) is 27.4. The minimum absolute atomic E-state index is 0.0109. The van der Waals surface area contributed by atoms with Crippen LogP contribution in [-0.4, -0.2) is 82.0 Å². The molecule has 1 N–H and O–H groups in total. The predicted molar refractivity (Wildman–Crippen MR) is 173 cm³/mol. The molecule has 0 radical (unpaired) electrons. The lowest BCUT2D eigenvalue weighted by Gasteiger charge is -2.39. The van der Waals surface area contributed by atoms with Crippen molar-refractivity contribution < 1.29 is 24.2 Å². The Balaban J connectivity index is 1.47. The van der Waals surface area contributed by atoms with Gasteiger partial charge in [0.1, 0.15) is 11.7 Å². The molecule has 3 aliphatic rings. The summed E-state index contributed by atoms with van der Waals surface area (Å²) in [7, 11) is 0. The molecule has 1 aliphatic carbocycles. The molecule has 1 aromatic rings. The molecular weight excluding hydrogens is 554 g/mol. The van der Waals surface area contributed by atoms with Crippen LogP contribution in [0.5, 0.6) is 0 Å². The van der Waals surface area contributed by atoms with Gasteiger partial charge in [-0.15, -0.1) is 0 Å². The number of esters is 1. The van der Waals surface area contributed by atoms with Crippen molar-refractivity contribution in [3.63, 3.8) is 0 Å². The quantitative estimate of drug-likeness (QED) is 0.226. The van der Waals surface area contributed by atoms with Gasteiger partial charge in [0.05, 0.1) is 0 Å². The standard InChI is InChI=1S/C36H53N3O5/c1-26-18-19-36(5,42)32(43-35(41)39-23-21-38(22-24-39)30-13-6-7-14-30)17-16-29(4)34(44-33(40)25-26)28(3)12-10-11-27(2)31-15-8-9-20-37-31/h8-12,15-17,20,26-27,29-30,32,34,42H,6-7,13-14,18-19,21-25H2,1-5H3/b11-10+,17-16+,28-12+/t26-,27-,29+,32+,34-,36-/m1/s1. The van der Waals surface area contributed by atoms with E-state index >= 15 is 0 Å². The number of ether oxygens (including phenoxy) is 2. The number of aromatic nitrogens is 1. The molecule has 242 valence electrons. The molecule has 1 aromatic heterocycles. The lowest BCUT2D eigenvalue weighted by atomic mass is 9.87. The van der Waals surface area contributed by atoms with E-state index in [1.807, 2.05) is 57.2 Å². The number of nitrogens with zero attached hydrogens (tertiary/aromatic N) is 3. The highest BCUT2D eigenvalue weighted by molar-refractivity contribution is 5.70. The van der Waals surface area contributed by atoms with Crippen molar-refractivity contribution in [2.45, 2.75) is 109 Å². The number of rotatable bonds is 6. The third-order valence-corrected chi connectivity index (χ3v) is 9.60. The summed E-state index contributed by atoms with van der Waals surface area (Å²) in [4.78, 5) is 35.0. The molecular formula is C36H53N3O5. The van der Waals surface area contributed by atoms with Gasteiger partial charge < -0.3 is 19.5 Å². The van der Waals surface area contributed by atoms with E-state index in [0.29, 0.717) is 32.0 Å². The summed E-state index contributed by atoms with van der Waals surface area (Å²) >= 11 is 0. The van der Waals surface area contributed by atoms with Crippen LogP contribution < -0.4 is 0 Å². The van der Waals surface area contributed by atoms with Crippen molar-refractivity contribution in [1.29, 1.82) is 0 Å². The Labute approximate surface area is 264 Å². The summed E-state index contributed by atoms with van der Waals surface area (Å²) in [5.74, 6) is -0.308.